The molecule has 4 aromatic rings. The molecule has 1 saturated carbocycles. The first kappa shape index (κ1) is 31.4. The fraction of sp³-hybridized carbons (Fsp3) is 0.324. The number of rotatable bonds is 11. The number of benzene rings is 3. The average Bonchev–Trinajstić information content (AvgIpc) is 3.50. The highest BCUT2D eigenvalue weighted by atomic mass is 35.5. The quantitative estimate of drug-likeness (QED) is 0.142. The third-order valence-corrected chi connectivity index (χ3v) is 8.80. The summed E-state index contributed by atoms with van der Waals surface area (Å²) in [5.74, 6) is 0.512. The van der Waals surface area contributed by atoms with Crippen molar-refractivity contribution in [3.05, 3.63) is 99.6 Å². The van der Waals surface area contributed by atoms with Crippen molar-refractivity contribution < 1.29 is 23.8 Å². The van der Waals surface area contributed by atoms with E-state index in [2.05, 4.69) is 12.2 Å². The molecule has 0 bridgehead atoms. The minimum atomic E-state index is -0.981. The van der Waals surface area contributed by atoms with E-state index in [1.807, 2.05) is 12.1 Å². The highest BCUT2D eigenvalue weighted by molar-refractivity contribution is 6.36. The molecule has 1 fully saturated rings. The average molecular weight is 637 g/mol. The van der Waals surface area contributed by atoms with Gasteiger partial charge in [-0.25, -0.2) is 9.78 Å². The fourth-order valence-corrected chi connectivity index (χ4v) is 6.09. The number of aromatic nitrogens is 1. The number of halogens is 2. The molecule has 1 aromatic heterocycles. The summed E-state index contributed by atoms with van der Waals surface area (Å²) >= 11 is 12.5. The first-order chi connectivity index (χ1) is 21.2. The summed E-state index contributed by atoms with van der Waals surface area (Å²) in [6.45, 7) is 2.43. The molecule has 4 N–H and O–H groups in total. The number of carbonyl (C=O) groups is 2. The van der Waals surface area contributed by atoms with Crippen LogP contribution in [0.2, 0.25) is 10.0 Å². The molecule has 3 aromatic carbocycles. The maximum Gasteiger partial charge on any atom is 0.335 e. The third kappa shape index (κ3) is 7.73. The van der Waals surface area contributed by atoms with Crippen LogP contribution in [-0.2, 0) is 17.8 Å². The Morgan fingerprint density at radius 3 is 2.43 bits per heavy atom. The van der Waals surface area contributed by atoms with E-state index in [4.69, 9.17) is 48.2 Å². The lowest BCUT2D eigenvalue weighted by Gasteiger charge is -2.28. The van der Waals surface area contributed by atoms with Crippen molar-refractivity contribution >= 4 is 40.8 Å². The first-order valence-corrected chi connectivity index (χ1v) is 15.5. The summed E-state index contributed by atoms with van der Waals surface area (Å²) in [7, 11) is 0. The molecule has 0 unspecified atom stereocenters. The Balaban J connectivity index is 1.32. The number of nitrogens with two attached hydrogens (primary N) is 1. The monoisotopic (exact) mass is 635 g/mol. The van der Waals surface area contributed by atoms with E-state index in [-0.39, 0.29) is 24.0 Å². The van der Waals surface area contributed by atoms with Gasteiger partial charge >= 0.3 is 5.97 Å². The molecule has 8 nitrogen and oxygen atoms in total. The van der Waals surface area contributed by atoms with Crippen LogP contribution >= 0.6 is 23.2 Å². The predicted molar refractivity (Wildman–Crippen MR) is 171 cm³/mol. The van der Waals surface area contributed by atoms with Gasteiger partial charge in [0, 0.05) is 22.9 Å². The zero-order valence-corrected chi connectivity index (χ0v) is 25.9. The Morgan fingerprint density at radius 2 is 1.77 bits per heavy atom. The van der Waals surface area contributed by atoms with Crippen LogP contribution in [-0.4, -0.2) is 22.0 Å². The Bertz CT molecular complexity index is 1610. The number of hydrogen-bond acceptors (Lipinski definition) is 6. The number of carboxylic acids is 1. The van der Waals surface area contributed by atoms with Gasteiger partial charge in [-0.1, -0.05) is 54.7 Å². The second-order valence-electron chi connectivity index (χ2n) is 11.2. The smallest absolute Gasteiger partial charge is 0.335 e. The highest BCUT2D eigenvalue weighted by Crippen LogP contribution is 2.34. The van der Waals surface area contributed by atoms with Gasteiger partial charge in [-0.2, -0.15) is 0 Å². The van der Waals surface area contributed by atoms with E-state index in [1.54, 1.807) is 36.4 Å². The summed E-state index contributed by atoms with van der Waals surface area (Å²) in [5, 5.41) is 13.3. The Morgan fingerprint density at radius 1 is 1.05 bits per heavy atom. The Hall–Kier alpha value is -4.01. The molecule has 1 aliphatic rings. The number of hydrogen-bond donors (Lipinski definition) is 3. The molecule has 230 valence electrons. The molecule has 1 atom stereocenters. The largest absolute Gasteiger partial charge is 0.487 e. The molecule has 0 saturated heterocycles. The number of nitrogens with one attached hydrogen (secondary N) is 1. The van der Waals surface area contributed by atoms with Crippen molar-refractivity contribution in [1.29, 1.82) is 0 Å². The van der Waals surface area contributed by atoms with Gasteiger partial charge in [0.25, 0.3) is 0 Å². The van der Waals surface area contributed by atoms with Gasteiger partial charge in [-0.05, 0) is 85.2 Å². The molecule has 0 aliphatic heterocycles. The number of carbonyl (C=O) groups excluding carboxylic acids is 1. The van der Waals surface area contributed by atoms with Gasteiger partial charge in [0.1, 0.15) is 30.4 Å². The number of aromatic carboxylic acids is 1. The third-order valence-electron chi connectivity index (χ3n) is 8.25. The van der Waals surface area contributed by atoms with Gasteiger partial charge < -0.3 is 25.3 Å². The maximum atomic E-state index is 13.4. The van der Waals surface area contributed by atoms with E-state index in [0.29, 0.717) is 51.0 Å². The number of carboxylic acid groups (broad SMARTS) is 1. The van der Waals surface area contributed by atoms with Crippen LogP contribution in [0.4, 0.5) is 5.69 Å². The van der Waals surface area contributed by atoms with Gasteiger partial charge in [0.15, 0.2) is 0 Å². The molecule has 44 heavy (non-hydrogen) atoms. The van der Waals surface area contributed by atoms with Crippen molar-refractivity contribution in [3.63, 3.8) is 0 Å². The molecule has 1 amide bonds. The first-order valence-electron chi connectivity index (χ1n) is 14.7. The standard InChI is InChI=1S/C34H35Cl2N3O5/c1-2-20-3-8-23(9-4-20)32(40)38-29(33-39-30(19-44-33)26-13-12-25(35)17-27(26)36)16-22-7-14-31(28(37)15-22)43-18-21-5-10-24(11-6-21)34(41)42/h5-7,10-15,17,19-20,23,29H,2-4,8-9,16,18,37H2,1H3,(H,38,40)(H,41,42)/t20?,23?,29-/m0/s1. The molecular weight excluding hydrogens is 601 g/mol. The normalized spacial score (nSPS) is 17.2. The van der Waals surface area contributed by atoms with Crippen molar-refractivity contribution in [3.8, 4) is 17.0 Å². The van der Waals surface area contributed by atoms with E-state index in [0.717, 1.165) is 43.2 Å². The molecule has 1 heterocycles. The van der Waals surface area contributed by atoms with Crippen LogP contribution in [0.3, 0.4) is 0 Å². The second kappa shape index (κ2) is 14.2. The number of nitrogen functional groups attached to an aromatic ring is 1. The number of ether oxygens (including phenoxy) is 1. The zero-order valence-electron chi connectivity index (χ0n) is 24.4. The van der Waals surface area contributed by atoms with E-state index in [1.165, 1.54) is 18.4 Å². The molecule has 10 heteroatoms. The number of oxazole rings is 1. The molecule has 0 radical (unpaired) electrons. The topological polar surface area (TPSA) is 128 Å². The van der Waals surface area contributed by atoms with E-state index in [9.17, 15) is 9.59 Å². The lowest BCUT2D eigenvalue weighted by molar-refractivity contribution is -0.127. The summed E-state index contributed by atoms with van der Waals surface area (Å²) in [6.07, 6.45) is 6.91. The SMILES string of the molecule is CCC1CCC(C(=O)N[C@@H](Cc2ccc(OCc3ccc(C(=O)O)cc3)c(N)c2)c2nc(-c3ccc(Cl)cc3Cl)co2)CC1. The zero-order chi connectivity index (χ0) is 31.2. The minimum absolute atomic E-state index is 0.00401. The molecular formula is C34H35Cl2N3O5. The van der Waals surface area contributed by atoms with E-state index >= 15 is 0 Å². The van der Waals surface area contributed by atoms with Crippen molar-refractivity contribution in [2.75, 3.05) is 5.73 Å². The van der Waals surface area contributed by atoms with Crippen LogP contribution in [0.25, 0.3) is 11.3 Å². The minimum Gasteiger partial charge on any atom is -0.487 e. The lowest BCUT2D eigenvalue weighted by atomic mass is 9.80. The van der Waals surface area contributed by atoms with Gasteiger partial charge in [-0.15, -0.1) is 0 Å². The Labute approximate surface area is 266 Å². The second-order valence-corrected chi connectivity index (χ2v) is 12.1. The summed E-state index contributed by atoms with van der Waals surface area (Å²) in [6, 6.07) is 16.6. The lowest BCUT2D eigenvalue weighted by Crippen LogP contribution is -2.36. The van der Waals surface area contributed by atoms with Crippen LogP contribution in [0.5, 0.6) is 5.75 Å². The van der Waals surface area contributed by atoms with Crippen LogP contribution in [0.15, 0.2) is 71.3 Å². The van der Waals surface area contributed by atoms with Gasteiger partial charge in [0.2, 0.25) is 11.8 Å². The van der Waals surface area contributed by atoms with Crippen molar-refractivity contribution in [2.45, 2.75) is 58.1 Å². The maximum absolute atomic E-state index is 13.4. The highest BCUT2D eigenvalue weighted by Gasteiger charge is 2.29. The van der Waals surface area contributed by atoms with Crippen LogP contribution < -0.4 is 15.8 Å². The van der Waals surface area contributed by atoms with Crippen molar-refractivity contribution in [1.82, 2.24) is 10.3 Å². The van der Waals surface area contributed by atoms with Crippen LogP contribution in [0, 0.1) is 11.8 Å². The molecule has 0 spiro atoms. The number of amides is 1. The summed E-state index contributed by atoms with van der Waals surface area (Å²) < 4.78 is 11.8. The van der Waals surface area contributed by atoms with Gasteiger partial charge in [-0.3, -0.25) is 4.79 Å². The Kier molecular flexibility index (Phi) is 10.1. The number of anilines is 1. The van der Waals surface area contributed by atoms with Crippen LogP contribution in [0.1, 0.15) is 72.4 Å². The summed E-state index contributed by atoms with van der Waals surface area (Å²) in [4.78, 5) is 29.2. The fourth-order valence-electron chi connectivity index (χ4n) is 5.59. The molecule has 5 rings (SSSR count). The van der Waals surface area contributed by atoms with E-state index < -0.39 is 12.0 Å². The number of nitrogens with zero attached hydrogens (tertiary/aromatic N) is 1. The van der Waals surface area contributed by atoms with Crippen molar-refractivity contribution in [2.24, 2.45) is 11.8 Å². The van der Waals surface area contributed by atoms with Gasteiger partial charge in [0.05, 0.1) is 16.3 Å². The summed E-state index contributed by atoms with van der Waals surface area (Å²) in [5.41, 5.74) is 9.92. The predicted octanol–water partition coefficient (Wildman–Crippen LogP) is 8.12. The molecule has 1 aliphatic carbocycles.